The minimum absolute atomic E-state index is 0.106. The summed E-state index contributed by atoms with van der Waals surface area (Å²) in [5.41, 5.74) is -1.09. The summed E-state index contributed by atoms with van der Waals surface area (Å²) in [5, 5.41) is 15.3. The number of unbranched alkanes of at least 4 members (excludes halogenated alkanes) is 11. The van der Waals surface area contributed by atoms with Crippen molar-refractivity contribution >= 4 is 11.9 Å². The third-order valence-electron chi connectivity index (χ3n) is 7.42. The van der Waals surface area contributed by atoms with Crippen molar-refractivity contribution in [2.45, 2.75) is 103 Å². The molecule has 1 N–H and O–H groups in total. The number of nitrogens with zero attached hydrogens (tertiary/aromatic N) is 3. The molecule has 1 unspecified atom stereocenters. The number of hydrogen-bond donors (Lipinski definition) is 1. The summed E-state index contributed by atoms with van der Waals surface area (Å²) in [6, 6.07) is 10.1. The van der Waals surface area contributed by atoms with Gasteiger partial charge in [-0.3, -0.25) is 4.79 Å². The second kappa shape index (κ2) is 18.2. The molecule has 8 heteroatoms. The third-order valence-corrected chi connectivity index (χ3v) is 7.42. The molecule has 0 saturated carbocycles. The average Bonchev–Trinajstić information content (AvgIpc) is 3.49. The molecule has 0 aliphatic carbocycles. The summed E-state index contributed by atoms with van der Waals surface area (Å²) < 4.78 is 35.2. The number of rotatable bonds is 21. The maximum atomic E-state index is 14.6. The Kier molecular flexibility index (Phi) is 14.4. The Labute approximate surface area is 248 Å². The van der Waals surface area contributed by atoms with Crippen LogP contribution < -0.4 is 4.74 Å². The smallest absolute Gasteiger partial charge is 0.155 e. The van der Waals surface area contributed by atoms with Crippen LogP contribution in [0.3, 0.4) is 0 Å². The number of benzene rings is 2. The minimum atomic E-state index is -1.83. The predicted octanol–water partition coefficient (Wildman–Crippen LogP) is 8.20. The Morgan fingerprint density at radius 1 is 0.929 bits per heavy atom. The Bertz CT molecular complexity index is 1220. The van der Waals surface area contributed by atoms with Gasteiger partial charge in [0, 0.05) is 18.1 Å². The second-order valence-electron chi connectivity index (χ2n) is 11.0. The first-order chi connectivity index (χ1) is 20.4. The van der Waals surface area contributed by atoms with Crippen LogP contribution in [-0.2, 0) is 16.9 Å². The first-order valence-electron chi connectivity index (χ1n) is 15.3. The summed E-state index contributed by atoms with van der Waals surface area (Å²) in [7, 11) is 0. The minimum Gasteiger partial charge on any atom is -0.490 e. The van der Waals surface area contributed by atoms with Gasteiger partial charge in [0.2, 0.25) is 0 Å². The first-order valence-corrected chi connectivity index (χ1v) is 15.3. The zero-order valence-corrected chi connectivity index (χ0v) is 24.8. The molecule has 2 aromatic carbocycles. The van der Waals surface area contributed by atoms with Crippen molar-refractivity contribution in [3.05, 3.63) is 84.0 Å². The number of aromatic nitrogens is 3. The van der Waals surface area contributed by atoms with Crippen LogP contribution in [0, 0.1) is 11.6 Å². The zero-order chi connectivity index (χ0) is 30.0. The molecule has 0 saturated heterocycles. The van der Waals surface area contributed by atoms with E-state index >= 15 is 0 Å². The van der Waals surface area contributed by atoms with E-state index < -0.39 is 17.2 Å². The van der Waals surface area contributed by atoms with Crippen molar-refractivity contribution < 1.29 is 23.4 Å². The van der Waals surface area contributed by atoms with Gasteiger partial charge in [0.15, 0.2) is 5.78 Å². The van der Waals surface area contributed by atoms with Gasteiger partial charge in [-0.25, -0.2) is 18.4 Å². The number of halogens is 2. The van der Waals surface area contributed by atoms with Crippen LogP contribution in [0.5, 0.6) is 5.75 Å². The van der Waals surface area contributed by atoms with E-state index in [0.717, 1.165) is 30.5 Å². The molecule has 0 amide bonds. The van der Waals surface area contributed by atoms with Crippen molar-refractivity contribution in [1.82, 2.24) is 14.8 Å². The maximum absolute atomic E-state index is 14.6. The van der Waals surface area contributed by atoms with Crippen LogP contribution in [0.15, 0.2) is 61.2 Å². The van der Waals surface area contributed by atoms with Gasteiger partial charge in [0.05, 0.1) is 6.54 Å². The molecule has 0 bridgehead atoms. The summed E-state index contributed by atoms with van der Waals surface area (Å²) in [5.74, 6) is -1.05. The molecule has 1 atom stereocenters. The lowest BCUT2D eigenvalue weighted by atomic mass is 9.94. The fraction of sp³-hybridized carbons (Fsp3) is 0.500. The molecule has 0 spiro atoms. The molecule has 0 aliphatic heterocycles. The van der Waals surface area contributed by atoms with Crippen LogP contribution in [-0.4, -0.2) is 32.3 Å². The van der Waals surface area contributed by atoms with Crippen molar-refractivity contribution in [3.63, 3.8) is 0 Å². The largest absolute Gasteiger partial charge is 0.490 e. The highest BCUT2D eigenvalue weighted by atomic mass is 19.1. The van der Waals surface area contributed by atoms with E-state index in [-0.39, 0.29) is 24.5 Å². The molecule has 228 valence electrons. The van der Waals surface area contributed by atoms with E-state index in [2.05, 4.69) is 17.0 Å². The Balaban J connectivity index is 1.39. The maximum Gasteiger partial charge on any atom is 0.155 e. The van der Waals surface area contributed by atoms with E-state index in [4.69, 9.17) is 4.74 Å². The quantitative estimate of drug-likeness (QED) is 0.101. The fourth-order valence-corrected chi connectivity index (χ4v) is 4.95. The zero-order valence-electron chi connectivity index (χ0n) is 24.8. The Hall–Kier alpha value is -3.39. The van der Waals surface area contributed by atoms with Gasteiger partial charge >= 0.3 is 0 Å². The molecule has 3 aromatic rings. The summed E-state index contributed by atoms with van der Waals surface area (Å²) in [4.78, 5) is 16.1. The second-order valence-corrected chi connectivity index (χ2v) is 11.0. The lowest BCUT2D eigenvalue weighted by molar-refractivity contribution is -0.114. The third kappa shape index (κ3) is 11.8. The van der Waals surface area contributed by atoms with Gasteiger partial charge in [-0.05, 0) is 36.3 Å². The van der Waals surface area contributed by atoms with Gasteiger partial charge in [0.1, 0.15) is 42.2 Å². The van der Waals surface area contributed by atoms with Crippen LogP contribution in [0.2, 0.25) is 0 Å². The number of aliphatic hydroxyl groups is 1. The fourth-order valence-electron chi connectivity index (χ4n) is 4.95. The molecule has 1 aromatic heterocycles. The molecule has 0 fully saturated rings. The van der Waals surface area contributed by atoms with Crippen molar-refractivity contribution in [3.8, 4) is 5.75 Å². The Morgan fingerprint density at radius 3 is 2.17 bits per heavy atom. The van der Waals surface area contributed by atoms with Crippen molar-refractivity contribution in [2.75, 3.05) is 6.61 Å². The van der Waals surface area contributed by atoms with Crippen LogP contribution in [0.4, 0.5) is 8.78 Å². The van der Waals surface area contributed by atoms with E-state index in [9.17, 15) is 18.7 Å². The molecule has 0 radical (unpaired) electrons. The number of ketones is 1. The molecule has 6 nitrogen and oxygen atoms in total. The Morgan fingerprint density at radius 2 is 1.57 bits per heavy atom. The number of ether oxygens (including phenoxy) is 1. The molecule has 1 heterocycles. The molecular weight excluding hydrogens is 536 g/mol. The van der Waals surface area contributed by atoms with Gasteiger partial charge in [-0.1, -0.05) is 102 Å². The normalized spacial score (nSPS) is 13.0. The number of carbonyl (C=O) groups is 1. The van der Waals surface area contributed by atoms with Gasteiger partial charge in [0.25, 0.3) is 0 Å². The standard InChI is InChI=1S/C34H45F2N3O3/c1-2-3-4-5-6-7-8-9-10-11-12-13-14-30(40)19-15-28-16-20-31(21-17-28)42-25-34(41,24-39-27-37-26-38-39)32-22-18-29(35)23-33(32)36/h15-23,26-27,41H,2-14,24-25H2,1H3. The van der Waals surface area contributed by atoms with Crippen LogP contribution in [0.1, 0.15) is 102 Å². The highest BCUT2D eigenvalue weighted by Crippen LogP contribution is 2.28. The first kappa shape index (κ1) is 33.1. The number of carbonyl (C=O) groups excluding carboxylic acids is 1. The summed E-state index contributed by atoms with van der Waals surface area (Å²) >= 11 is 0. The monoisotopic (exact) mass is 581 g/mol. The average molecular weight is 582 g/mol. The summed E-state index contributed by atoms with van der Waals surface area (Å²) in [6.07, 6.45) is 21.8. The van der Waals surface area contributed by atoms with E-state index in [1.165, 1.54) is 87.6 Å². The van der Waals surface area contributed by atoms with Crippen LogP contribution in [0.25, 0.3) is 6.08 Å². The topological polar surface area (TPSA) is 77.2 Å². The lowest BCUT2D eigenvalue weighted by Gasteiger charge is -2.29. The van der Waals surface area contributed by atoms with Gasteiger partial charge in [-0.2, -0.15) is 5.10 Å². The van der Waals surface area contributed by atoms with E-state index in [1.54, 1.807) is 36.4 Å². The van der Waals surface area contributed by atoms with Crippen molar-refractivity contribution in [1.29, 1.82) is 0 Å². The van der Waals surface area contributed by atoms with Gasteiger partial charge in [-0.15, -0.1) is 0 Å². The highest BCUT2D eigenvalue weighted by molar-refractivity contribution is 5.93. The van der Waals surface area contributed by atoms with Crippen molar-refractivity contribution in [2.24, 2.45) is 0 Å². The summed E-state index contributed by atoms with van der Waals surface area (Å²) in [6.45, 7) is 1.80. The van der Waals surface area contributed by atoms with E-state index in [0.29, 0.717) is 12.2 Å². The number of allylic oxidation sites excluding steroid dienone is 1. The number of hydrogen-bond acceptors (Lipinski definition) is 5. The molecule has 3 rings (SSSR count). The van der Waals surface area contributed by atoms with Crippen LogP contribution >= 0.6 is 0 Å². The molecule has 42 heavy (non-hydrogen) atoms. The highest BCUT2D eigenvalue weighted by Gasteiger charge is 2.34. The molecular formula is C34H45F2N3O3. The van der Waals surface area contributed by atoms with E-state index in [1.807, 2.05) is 0 Å². The molecule has 0 aliphatic rings. The predicted molar refractivity (Wildman–Crippen MR) is 162 cm³/mol. The lowest BCUT2D eigenvalue weighted by Crippen LogP contribution is -2.39. The SMILES string of the molecule is CCCCCCCCCCCCCCC(=O)C=Cc1ccc(OCC(O)(Cn2cncn2)c2ccc(F)cc2F)cc1. The van der Waals surface area contributed by atoms with Gasteiger partial charge < -0.3 is 9.84 Å².